The number of hydrazone groups is 1. The third kappa shape index (κ3) is 1.47. The summed E-state index contributed by atoms with van der Waals surface area (Å²) in [6.45, 7) is 0.287. The van der Waals surface area contributed by atoms with Crippen molar-refractivity contribution in [1.29, 1.82) is 0 Å². The first-order valence-electron chi connectivity index (χ1n) is 4.17. The van der Waals surface area contributed by atoms with Crippen molar-refractivity contribution < 1.29 is 4.79 Å². The molecule has 0 fully saturated rings. The molecule has 1 aliphatic heterocycles. The lowest BCUT2D eigenvalue weighted by Crippen LogP contribution is -2.21. The molecule has 72 valence electrons. The van der Waals surface area contributed by atoms with Gasteiger partial charge in [-0.25, -0.2) is 9.97 Å². The number of amides is 1. The quantitative estimate of drug-likeness (QED) is 0.684. The number of anilines is 1. The van der Waals surface area contributed by atoms with Gasteiger partial charge in [0, 0.05) is 18.9 Å². The highest BCUT2D eigenvalue weighted by molar-refractivity contribution is 6.12. The Labute approximate surface area is 80.5 Å². The van der Waals surface area contributed by atoms with Gasteiger partial charge in [-0.15, -0.1) is 0 Å². The Morgan fingerprint density at radius 3 is 2.71 bits per heavy atom. The lowest BCUT2D eigenvalue weighted by Gasteiger charge is -2.07. The van der Waals surface area contributed by atoms with Crippen molar-refractivity contribution in [3.05, 3.63) is 18.5 Å². The van der Waals surface area contributed by atoms with Gasteiger partial charge in [-0.1, -0.05) is 0 Å². The number of carbonyl (C=O) groups excluding carboxylic acids is 1. The van der Waals surface area contributed by atoms with E-state index >= 15 is 0 Å². The predicted molar refractivity (Wildman–Crippen MR) is 50.6 cm³/mol. The van der Waals surface area contributed by atoms with Gasteiger partial charge < -0.3 is 5.73 Å². The number of carbonyl (C=O) groups is 1. The summed E-state index contributed by atoms with van der Waals surface area (Å²) in [5.41, 5.74) is 6.04. The van der Waals surface area contributed by atoms with Crippen LogP contribution in [-0.4, -0.2) is 28.1 Å². The Hall–Kier alpha value is -1.82. The first-order chi connectivity index (χ1) is 6.81. The second-order valence-electron chi connectivity index (χ2n) is 2.80. The van der Waals surface area contributed by atoms with E-state index in [1.165, 1.54) is 5.01 Å². The van der Waals surface area contributed by atoms with Crippen molar-refractivity contribution in [3.63, 3.8) is 0 Å². The molecule has 1 aromatic heterocycles. The summed E-state index contributed by atoms with van der Waals surface area (Å²) >= 11 is 0. The molecule has 2 N–H and O–H groups in total. The summed E-state index contributed by atoms with van der Waals surface area (Å²) < 4.78 is 0. The second-order valence-corrected chi connectivity index (χ2v) is 2.80. The highest BCUT2D eigenvalue weighted by atomic mass is 16.2. The summed E-state index contributed by atoms with van der Waals surface area (Å²) in [5, 5.41) is 5.19. The molecule has 6 nitrogen and oxygen atoms in total. The van der Waals surface area contributed by atoms with Crippen LogP contribution >= 0.6 is 0 Å². The maximum Gasteiger partial charge on any atom is 0.255 e. The molecule has 0 spiro atoms. The minimum absolute atomic E-state index is 0.142. The number of nitrogens with zero attached hydrogens (tertiary/aromatic N) is 4. The molecule has 1 amide bonds. The van der Waals surface area contributed by atoms with E-state index in [1.54, 1.807) is 18.5 Å². The van der Waals surface area contributed by atoms with E-state index in [4.69, 9.17) is 5.73 Å². The Bertz CT molecular complexity index is 375. The van der Waals surface area contributed by atoms with Gasteiger partial charge in [0.1, 0.15) is 0 Å². The fourth-order valence-corrected chi connectivity index (χ4v) is 1.15. The molecule has 0 bridgehead atoms. The van der Waals surface area contributed by atoms with Gasteiger partial charge in [0.05, 0.1) is 12.1 Å². The summed E-state index contributed by atoms with van der Waals surface area (Å²) in [7, 11) is 0. The molecule has 0 saturated carbocycles. The van der Waals surface area contributed by atoms with Crippen LogP contribution in [0.4, 0.5) is 5.95 Å². The summed E-state index contributed by atoms with van der Waals surface area (Å²) in [6.07, 6.45) is 3.38. The van der Waals surface area contributed by atoms with Crippen molar-refractivity contribution >= 4 is 17.6 Å². The number of hydrogen-bond acceptors (Lipinski definition) is 5. The molecule has 2 rings (SSSR count). The fourth-order valence-electron chi connectivity index (χ4n) is 1.15. The molecule has 0 unspecified atom stereocenters. The van der Waals surface area contributed by atoms with E-state index < -0.39 is 0 Å². The van der Waals surface area contributed by atoms with Gasteiger partial charge in [-0.2, -0.15) is 10.1 Å². The van der Waals surface area contributed by atoms with E-state index in [-0.39, 0.29) is 18.9 Å². The van der Waals surface area contributed by atoms with Crippen LogP contribution < -0.4 is 10.7 Å². The fraction of sp³-hybridized carbons (Fsp3) is 0.250. The lowest BCUT2D eigenvalue weighted by molar-refractivity contribution is -0.117. The smallest absolute Gasteiger partial charge is 0.255 e. The van der Waals surface area contributed by atoms with Gasteiger partial charge in [0.25, 0.3) is 11.9 Å². The van der Waals surface area contributed by atoms with Crippen LogP contribution in [-0.2, 0) is 4.79 Å². The molecule has 0 radical (unpaired) electrons. The van der Waals surface area contributed by atoms with E-state index in [1.807, 2.05) is 0 Å². The lowest BCUT2D eigenvalue weighted by atomic mass is 10.3. The highest BCUT2D eigenvalue weighted by Gasteiger charge is 2.25. The molecule has 0 saturated heterocycles. The van der Waals surface area contributed by atoms with Gasteiger partial charge in [0.2, 0.25) is 0 Å². The van der Waals surface area contributed by atoms with Crippen LogP contribution in [0.1, 0.15) is 6.42 Å². The molecular weight excluding hydrogens is 182 g/mol. The standard InChI is InChI=1S/C8H9N5O/c9-5-6-4-7(14)13(12-6)8-10-2-1-3-11-8/h1-3H,4-5,9H2. The van der Waals surface area contributed by atoms with E-state index in [2.05, 4.69) is 15.1 Å². The third-order valence-electron chi connectivity index (χ3n) is 1.81. The van der Waals surface area contributed by atoms with E-state index in [0.717, 1.165) is 0 Å². The van der Waals surface area contributed by atoms with Crippen LogP contribution in [0.2, 0.25) is 0 Å². The highest BCUT2D eigenvalue weighted by Crippen LogP contribution is 2.14. The van der Waals surface area contributed by atoms with Crippen LogP contribution in [0, 0.1) is 0 Å². The maximum atomic E-state index is 11.4. The monoisotopic (exact) mass is 191 g/mol. The number of aromatic nitrogens is 2. The van der Waals surface area contributed by atoms with Crippen LogP contribution in [0.5, 0.6) is 0 Å². The van der Waals surface area contributed by atoms with E-state index in [0.29, 0.717) is 11.7 Å². The van der Waals surface area contributed by atoms with Gasteiger partial charge >= 0.3 is 0 Å². The van der Waals surface area contributed by atoms with Crippen molar-refractivity contribution in [3.8, 4) is 0 Å². The zero-order valence-electron chi connectivity index (χ0n) is 7.42. The molecular formula is C8H9N5O. The SMILES string of the molecule is NCC1=NN(c2ncccn2)C(=O)C1. The average molecular weight is 191 g/mol. The molecule has 1 aromatic rings. The summed E-state index contributed by atoms with van der Waals surface area (Å²) in [5.74, 6) is 0.151. The van der Waals surface area contributed by atoms with Crippen LogP contribution in [0.15, 0.2) is 23.6 Å². The zero-order chi connectivity index (χ0) is 9.97. The second kappa shape index (κ2) is 3.51. The number of nitrogens with two attached hydrogens (primary N) is 1. The third-order valence-corrected chi connectivity index (χ3v) is 1.81. The molecule has 14 heavy (non-hydrogen) atoms. The van der Waals surface area contributed by atoms with Crippen molar-refractivity contribution in [2.75, 3.05) is 11.6 Å². The minimum atomic E-state index is -0.142. The topological polar surface area (TPSA) is 84.5 Å². The Kier molecular flexibility index (Phi) is 2.19. The Morgan fingerprint density at radius 1 is 1.43 bits per heavy atom. The predicted octanol–water partition coefficient (Wildman–Crippen LogP) is -0.472. The average Bonchev–Trinajstić information content (AvgIpc) is 2.61. The van der Waals surface area contributed by atoms with Gasteiger partial charge in [-0.3, -0.25) is 4.79 Å². The van der Waals surface area contributed by atoms with Gasteiger partial charge in [-0.05, 0) is 6.07 Å². The largest absolute Gasteiger partial charge is 0.325 e. The summed E-state index contributed by atoms with van der Waals surface area (Å²) in [6, 6.07) is 1.68. The molecule has 1 aliphatic rings. The van der Waals surface area contributed by atoms with Gasteiger partial charge in [0.15, 0.2) is 0 Å². The Balaban J connectivity index is 2.28. The van der Waals surface area contributed by atoms with Crippen LogP contribution in [0.3, 0.4) is 0 Å². The molecule has 0 aromatic carbocycles. The molecule has 0 atom stereocenters. The summed E-state index contributed by atoms with van der Waals surface area (Å²) in [4.78, 5) is 19.3. The first kappa shape index (κ1) is 8.76. The molecule has 6 heteroatoms. The van der Waals surface area contributed by atoms with Crippen molar-refractivity contribution in [2.24, 2.45) is 10.8 Å². The normalized spacial score (nSPS) is 15.9. The number of hydrogen-bond donors (Lipinski definition) is 1. The maximum absolute atomic E-state index is 11.4. The van der Waals surface area contributed by atoms with Crippen LogP contribution in [0.25, 0.3) is 0 Å². The Morgan fingerprint density at radius 2 is 2.14 bits per heavy atom. The molecule has 2 heterocycles. The zero-order valence-corrected chi connectivity index (χ0v) is 7.42. The minimum Gasteiger partial charge on any atom is -0.325 e. The van der Waals surface area contributed by atoms with Crippen molar-refractivity contribution in [1.82, 2.24) is 9.97 Å². The first-order valence-corrected chi connectivity index (χ1v) is 4.17. The molecule has 0 aliphatic carbocycles. The van der Waals surface area contributed by atoms with Crippen molar-refractivity contribution in [2.45, 2.75) is 6.42 Å². The van der Waals surface area contributed by atoms with E-state index in [9.17, 15) is 4.79 Å². The number of rotatable bonds is 2.